The van der Waals surface area contributed by atoms with Gasteiger partial charge in [-0.05, 0) is 26.6 Å². The van der Waals surface area contributed by atoms with Crippen LogP contribution in [0.5, 0.6) is 0 Å². The minimum absolute atomic E-state index is 0.605. The smallest absolute Gasteiger partial charge is 0.330 e. The lowest BCUT2D eigenvalue weighted by atomic mass is 10.5. The molecule has 0 aliphatic heterocycles. The van der Waals surface area contributed by atoms with Crippen LogP contribution in [0.15, 0.2) is 12.7 Å². The summed E-state index contributed by atoms with van der Waals surface area (Å²) >= 11 is 0. The predicted molar refractivity (Wildman–Crippen MR) is 75.6 cm³/mol. The van der Waals surface area contributed by atoms with Gasteiger partial charge in [-0.1, -0.05) is 27.4 Å². The molecular weight excluding hydrogens is 270 g/mol. The molecule has 0 bridgehead atoms. The van der Waals surface area contributed by atoms with Crippen LogP contribution in [0.3, 0.4) is 0 Å². The van der Waals surface area contributed by atoms with Crippen molar-refractivity contribution in [2.75, 3.05) is 25.4 Å². The number of ether oxygens (including phenoxy) is 1. The summed E-state index contributed by atoms with van der Waals surface area (Å²) in [4.78, 5) is 12.9. The van der Waals surface area contributed by atoms with Crippen LogP contribution < -0.4 is 0 Å². The normalized spacial score (nSPS) is 12.3. The molecule has 0 heterocycles. The third-order valence-corrected chi connectivity index (χ3v) is 3.16. The van der Waals surface area contributed by atoms with Crippen molar-refractivity contribution in [1.29, 1.82) is 0 Å². The van der Waals surface area contributed by atoms with E-state index in [1.165, 1.54) is 26.6 Å². The summed E-state index contributed by atoms with van der Waals surface area (Å²) in [6.45, 7) is 14.6. The van der Waals surface area contributed by atoms with Crippen LogP contribution in [0.25, 0.3) is 0 Å². The van der Waals surface area contributed by atoms with E-state index in [0.29, 0.717) is 0 Å². The van der Waals surface area contributed by atoms with Crippen LogP contribution >= 0.6 is 0 Å². The molecule has 6 nitrogen and oxygen atoms in total. The van der Waals surface area contributed by atoms with Crippen LogP contribution in [0.1, 0.15) is 27.7 Å². The van der Waals surface area contributed by atoms with Crippen LogP contribution in [-0.2, 0) is 19.6 Å². The summed E-state index contributed by atoms with van der Waals surface area (Å²) in [5.41, 5.74) is 0. The van der Waals surface area contributed by atoms with Crippen LogP contribution in [-0.4, -0.2) is 55.3 Å². The summed E-state index contributed by atoms with van der Waals surface area (Å²) < 4.78 is 33.3. The molecule has 0 amide bonds. The molecule has 0 aromatic heterocycles. The van der Waals surface area contributed by atoms with E-state index >= 15 is 0 Å². The molecule has 1 unspecified atom stereocenters. The Labute approximate surface area is 116 Å². The van der Waals surface area contributed by atoms with Crippen molar-refractivity contribution in [3.63, 3.8) is 0 Å². The Morgan fingerprint density at radius 2 is 1.74 bits per heavy atom. The quantitative estimate of drug-likeness (QED) is 0.433. The Balaban J connectivity index is 0. The highest BCUT2D eigenvalue weighted by Gasteiger charge is 2.14. The van der Waals surface area contributed by atoms with E-state index < -0.39 is 27.9 Å². The van der Waals surface area contributed by atoms with Gasteiger partial charge in [0.1, 0.15) is 11.9 Å². The molecule has 0 aliphatic carbocycles. The predicted octanol–water partition coefficient (Wildman–Crippen LogP) is 1.34. The number of rotatable bonds is 7. The summed E-state index contributed by atoms with van der Waals surface area (Å²) in [6.07, 6.45) is 0.0472. The van der Waals surface area contributed by atoms with E-state index in [9.17, 15) is 13.2 Å². The first kappa shape index (κ1) is 20.4. The summed E-state index contributed by atoms with van der Waals surface area (Å²) in [5, 5.41) is 0. The topological polar surface area (TPSA) is 83.9 Å². The van der Waals surface area contributed by atoms with Crippen LogP contribution in [0, 0.1) is 0 Å². The molecule has 0 aromatic rings. The highest BCUT2D eigenvalue weighted by molar-refractivity contribution is 7.85. The molecule has 1 N–H and O–H groups in total. The molecule has 0 rings (SSSR count). The van der Waals surface area contributed by atoms with E-state index in [-0.39, 0.29) is 0 Å². The lowest BCUT2D eigenvalue weighted by Gasteiger charge is -2.13. The van der Waals surface area contributed by atoms with Gasteiger partial charge in [0.05, 0.1) is 0 Å². The average molecular weight is 295 g/mol. The highest BCUT2D eigenvalue weighted by Crippen LogP contribution is 1.96. The summed E-state index contributed by atoms with van der Waals surface area (Å²) in [5.74, 6) is -1.32. The Morgan fingerprint density at radius 1 is 1.32 bits per heavy atom. The zero-order valence-corrected chi connectivity index (χ0v) is 12.9. The lowest BCUT2D eigenvalue weighted by Crippen LogP contribution is -2.22. The highest BCUT2D eigenvalue weighted by atomic mass is 32.2. The maximum absolute atomic E-state index is 10.5. The first-order valence-corrected chi connectivity index (χ1v) is 7.81. The second-order valence-corrected chi connectivity index (χ2v) is 5.32. The van der Waals surface area contributed by atoms with Crippen molar-refractivity contribution in [3.05, 3.63) is 12.7 Å². The van der Waals surface area contributed by atoms with Gasteiger partial charge in [0.2, 0.25) is 0 Å². The molecule has 0 saturated heterocycles. The molecular formula is C12H25NO5S. The fourth-order valence-electron chi connectivity index (χ4n) is 1.25. The Kier molecular flexibility index (Phi) is 11.8. The van der Waals surface area contributed by atoms with Gasteiger partial charge >= 0.3 is 5.97 Å². The largest absolute Gasteiger partial charge is 0.458 e. The monoisotopic (exact) mass is 295 g/mol. The zero-order chi connectivity index (χ0) is 15.5. The van der Waals surface area contributed by atoms with E-state index in [1.807, 2.05) is 0 Å². The molecule has 19 heavy (non-hydrogen) atoms. The van der Waals surface area contributed by atoms with Gasteiger partial charge in [0.25, 0.3) is 10.1 Å². The Bertz CT molecular complexity index is 344. The van der Waals surface area contributed by atoms with Gasteiger partial charge in [-0.25, -0.2) is 4.79 Å². The van der Waals surface area contributed by atoms with E-state index in [0.717, 1.165) is 6.08 Å². The van der Waals surface area contributed by atoms with E-state index in [1.54, 1.807) is 0 Å². The van der Waals surface area contributed by atoms with Gasteiger partial charge < -0.3 is 9.64 Å². The Hall–Kier alpha value is -0.920. The van der Waals surface area contributed by atoms with Crippen molar-refractivity contribution in [3.8, 4) is 0 Å². The molecule has 0 aromatic carbocycles. The standard InChI is InChI=1S/C6H15N.C6H10O5S/c1-4-7(5-2)6-3;1-3-6(7)11-5(2)4-12(8,9)10/h4-6H2,1-3H3;3,5H,1,4H2,2H3,(H,8,9,10). The van der Waals surface area contributed by atoms with Gasteiger partial charge in [0.15, 0.2) is 0 Å². The van der Waals surface area contributed by atoms with Crippen LogP contribution in [0.2, 0.25) is 0 Å². The van der Waals surface area contributed by atoms with E-state index in [4.69, 9.17) is 4.55 Å². The molecule has 0 fully saturated rings. The van der Waals surface area contributed by atoms with Gasteiger partial charge in [-0.3, -0.25) is 4.55 Å². The minimum Gasteiger partial charge on any atom is -0.458 e. The second kappa shape index (κ2) is 11.0. The number of esters is 1. The maximum atomic E-state index is 10.5. The third kappa shape index (κ3) is 15.0. The van der Waals surface area contributed by atoms with Gasteiger partial charge in [-0.15, -0.1) is 0 Å². The molecule has 0 saturated carbocycles. The number of hydrogen-bond donors (Lipinski definition) is 1. The fraction of sp³-hybridized carbons (Fsp3) is 0.750. The van der Waals surface area contributed by atoms with E-state index in [2.05, 4.69) is 37.0 Å². The number of carbonyl (C=O) groups excluding carboxylic acids is 1. The zero-order valence-electron chi connectivity index (χ0n) is 12.1. The molecule has 7 heteroatoms. The summed E-state index contributed by atoms with van der Waals surface area (Å²) in [6, 6.07) is 0. The third-order valence-electron chi connectivity index (χ3n) is 2.27. The second-order valence-electron chi connectivity index (χ2n) is 3.82. The SMILES string of the molecule is C=CC(=O)OC(C)CS(=O)(=O)O.CCN(CC)CC. The number of nitrogens with zero attached hydrogens (tertiary/aromatic N) is 1. The van der Waals surface area contributed by atoms with Crippen molar-refractivity contribution in [2.45, 2.75) is 33.8 Å². The molecule has 0 radical (unpaired) electrons. The molecule has 0 aliphatic rings. The first-order valence-electron chi connectivity index (χ1n) is 6.20. The van der Waals surface area contributed by atoms with Gasteiger partial charge in [0, 0.05) is 6.08 Å². The maximum Gasteiger partial charge on any atom is 0.330 e. The Morgan fingerprint density at radius 3 is 1.95 bits per heavy atom. The number of carbonyl (C=O) groups is 1. The van der Waals surface area contributed by atoms with Gasteiger partial charge in [-0.2, -0.15) is 8.42 Å². The van der Waals surface area contributed by atoms with Crippen molar-refractivity contribution in [1.82, 2.24) is 4.90 Å². The van der Waals surface area contributed by atoms with Crippen molar-refractivity contribution < 1.29 is 22.5 Å². The van der Waals surface area contributed by atoms with Crippen molar-refractivity contribution in [2.24, 2.45) is 0 Å². The molecule has 0 spiro atoms. The molecule has 1 atom stereocenters. The lowest BCUT2D eigenvalue weighted by molar-refractivity contribution is -0.141. The minimum atomic E-state index is -4.09. The first-order chi connectivity index (χ1) is 8.69. The number of hydrogen-bond acceptors (Lipinski definition) is 5. The van der Waals surface area contributed by atoms with Crippen molar-refractivity contribution >= 4 is 16.1 Å². The fourth-order valence-corrected chi connectivity index (χ4v) is 1.91. The van der Waals surface area contributed by atoms with Crippen LogP contribution in [0.4, 0.5) is 0 Å². The average Bonchev–Trinajstić information content (AvgIpc) is 2.29. The summed E-state index contributed by atoms with van der Waals surface area (Å²) in [7, 11) is -4.09. The molecule has 114 valence electrons.